The highest BCUT2D eigenvalue weighted by atomic mass is 16.5. The average molecular weight is 323 g/mol. The summed E-state index contributed by atoms with van der Waals surface area (Å²) in [4.78, 5) is 12.1. The number of fused-ring (bicyclic) bond motifs is 1. The lowest BCUT2D eigenvalue weighted by Crippen LogP contribution is -2.24. The van der Waals surface area contributed by atoms with Gasteiger partial charge in [0.2, 0.25) is 5.91 Å². The maximum Gasteiger partial charge on any atom is 0.222 e. The van der Waals surface area contributed by atoms with Gasteiger partial charge >= 0.3 is 0 Å². The summed E-state index contributed by atoms with van der Waals surface area (Å²) in [7, 11) is 1.63. The molecule has 0 bridgehead atoms. The molecule has 0 fully saturated rings. The highest BCUT2D eigenvalue weighted by Crippen LogP contribution is 2.16. The van der Waals surface area contributed by atoms with Crippen molar-refractivity contribution in [3.05, 3.63) is 59.8 Å². The molecule has 0 saturated carbocycles. The van der Waals surface area contributed by atoms with Crippen LogP contribution in [0.4, 0.5) is 0 Å². The second kappa shape index (κ2) is 7.17. The van der Waals surface area contributed by atoms with Crippen LogP contribution in [-0.4, -0.2) is 22.8 Å². The Labute approximate surface area is 141 Å². The van der Waals surface area contributed by atoms with Crippen LogP contribution in [0.3, 0.4) is 0 Å². The van der Waals surface area contributed by atoms with Crippen LogP contribution in [0.25, 0.3) is 10.9 Å². The number of hydrogen-bond acceptors (Lipinski definition) is 3. The van der Waals surface area contributed by atoms with Crippen molar-refractivity contribution < 1.29 is 9.53 Å². The highest BCUT2D eigenvalue weighted by molar-refractivity contribution is 5.80. The molecule has 3 rings (SSSR count). The molecule has 1 N–H and O–H groups in total. The fourth-order valence-corrected chi connectivity index (χ4v) is 2.66. The predicted octanol–water partition coefficient (Wildman–Crippen LogP) is 3.06. The third-order valence-corrected chi connectivity index (χ3v) is 3.97. The summed E-state index contributed by atoms with van der Waals surface area (Å²) in [6.07, 6.45) is 2.24. The summed E-state index contributed by atoms with van der Waals surface area (Å²) in [5.41, 5.74) is 3.28. The summed E-state index contributed by atoms with van der Waals surface area (Å²) in [5.74, 6) is 0.800. The molecule has 0 saturated heterocycles. The Hall–Kier alpha value is -2.82. The van der Waals surface area contributed by atoms with Gasteiger partial charge in [-0.2, -0.15) is 5.10 Å². The Morgan fingerprint density at radius 2 is 2.12 bits per heavy atom. The molecule has 3 aromatic rings. The van der Waals surface area contributed by atoms with Gasteiger partial charge in [-0.25, -0.2) is 0 Å². The summed E-state index contributed by atoms with van der Waals surface area (Å²) in [6.45, 7) is 3.12. The Morgan fingerprint density at radius 1 is 1.25 bits per heavy atom. The molecule has 0 unspecified atom stereocenters. The number of aryl methyl sites for hydroxylation is 2. The van der Waals surface area contributed by atoms with Gasteiger partial charge in [-0.15, -0.1) is 0 Å². The molecule has 1 aromatic heterocycles. The molecule has 0 radical (unpaired) electrons. The Bertz CT molecular complexity index is 855. The van der Waals surface area contributed by atoms with E-state index in [-0.39, 0.29) is 5.91 Å². The van der Waals surface area contributed by atoms with Crippen molar-refractivity contribution in [3.63, 3.8) is 0 Å². The van der Waals surface area contributed by atoms with Crippen molar-refractivity contribution in [1.29, 1.82) is 0 Å². The molecule has 1 amide bonds. The minimum absolute atomic E-state index is 0.00795. The zero-order valence-corrected chi connectivity index (χ0v) is 14.0. The van der Waals surface area contributed by atoms with Gasteiger partial charge in [0, 0.05) is 18.4 Å². The molecule has 0 aliphatic carbocycles. The third kappa shape index (κ3) is 3.74. The lowest BCUT2D eigenvalue weighted by atomic mass is 10.2. The first-order chi connectivity index (χ1) is 11.7. The van der Waals surface area contributed by atoms with Gasteiger partial charge < -0.3 is 10.1 Å². The minimum Gasteiger partial charge on any atom is -0.497 e. The van der Waals surface area contributed by atoms with E-state index in [1.165, 1.54) is 5.56 Å². The molecule has 5 nitrogen and oxygen atoms in total. The summed E-state index contributed by atoms with van der Waals surface area (Å²) in [6, 6.07) is 13.9. The van der Waals surface area contributed by atoms with Crippen LogP contribution in [0.5, 0.6) is 5.75 Å². The molecule has 0 aliphatic heterocycles. The van der Waals surface area contributed by atoms with E-state index in [0.717, 1.165) is 22.2 Å². The van der Waals surface area contributed by atoms with Gasteiger partial charge in [0.05, 0.1) is 25.4 Å². The quantitative estimate of drug-likeness (QED) is 0.758. The zero-order chi connectivity index (χ0) is 16.9. The van der Waals surface area contributed by atoms with Crippen molar-refractivity contribution in [3.8, 4) is 5.75 Å². The molecule has 2 aromatic carbocycles. The van der Waals surface area contributed by atoms with Crippen LogP contribution in [0.1, 0.15) is 17.5 Å². The second-order valence-corrected chi connectivity index (χ2v) is 5.81. The first-order valence-corrected chi connectivity index (χ1v) is 7.97. The van der Waals surface area contributed by atoms with Crippen LogP contribution in [0.2, 0.25) is 0 Å². The van der Waals surface area contributed by atoms with Crippen molar-refractivity contribution in [2.24, 2.45) is 0 Å². The second-order valence-electron chi connectivity index (χ2n) is 5.81. The van der Waals surface area contributed by atoms with E-state index >= 15 is 0 Å². The molecular formula is C19H21N3O2. The molecule has 1 heterocycles. The normalized spacial score (nSPS) is 10.8. The third-order valence-electron chi connectivity index (χ3n) is 3.97. The van der Waals surface area contributed by atoms with Crippen molar-refractivity contribution >= 4 is 16.8 Å². The Kier molecular flexibility index (Phi) is 4.79. The first kappa shape index (κ1) is 16.1. The Morgan fingerprint density at radius 3 is 2.96 bits per heavy atom. The van der Waals surface area contributed by atoms with Gasteiger partial charge in [0.1, 0.15) is 5.75 Å². The highest BCUT2D eigenvalue weighted by Gasteiger charge is 2.06. The fourth-order valence-electron chi connectivity index (χ4n) is 2.66. The number of amides is 1. The lowest BCUT2D eigenvalue weighted by molar-refractivity contribution is -0.121. The number of aromatic nitrogens is 2. The zero-order valence-electron chi connectivity index (χ0n) is 14.0. The largest absolute Gasteiger partial charge is 0.497 e. The van der Waals surface area contributed by atoms with E-state index < -0.39 is 0 Å². The molecule has 0 aliphatic rings. The molecule has 124 valence electrons. The van der Waals surface area contributed by atoms with Gasteiger partial charge in [0.15, 0.2) is 0 Å². The predicted molar refractivity (Wildman–Crippen MR) is 93.9 cm³/mol. The van der Waals surface area contributed by atoms with Gasteiger partial charge in [-0.3, -0.25) is 9.48 Å². The molecular weight excluding hydrogens is 302 g/mol. The number of rotatable bonds is 6. The van der Waals surface area contributed by atoms with E-state index in [1.54, 1.807) is 7.11 Å². The van der Waals surface area contributed by atoms with E-state index in [2.05, 4.69) is 29.5 Å². The number of hydrogen-bond donors (Lipinski definition) is 1. The lowest BCUT2D eigenvalue weighted by Gasteiger charge is -2.08. The number of methoxy groups -OCH3 is 1. The molecule has 5 heteroatoms. The number of ether oxygens (including phenoxy) is 1. The number of carbonyl (C=O) groups is 1. The van der Waals surface area contributed by atoms with E-state index in [9.17, 15) is 4.79 Å². The number of nitrogens with one attached hydrogen (secondary N) is 1. The number of benzene rings is 2. The van der Waals surface area contributed by atoms with E-state index in [4.69, 9.17) is 4.74 Å². The maximum absolute atomic E-state index is 12.1. The summed E-state index contributed by atoms with van der Waals surface area (Å²) in [5, 5.41) is 8.41. The molecule has 0 atom stereocenters. The minimum atomic E-state index is 0.00795. The first-order valence-electron chi connectivity index (χ1n) is 7.97. The Balaban J connectivity index is 1.55. The van der Waals surface area contributed by atoms with E-state index in [0.29, 0.717) is 19.5 Å². The van der Waals surface area contributed by atoms with Crippen molar-refractivity contribution in [1.82, 2.24) is 15.1 Å². The van der Waals surface area contributed by atoms with Crippen molar-refractivity contribution in [2.75, 3.05) is 7.11 Å². The number of carbonyl (C=O) groups excluding carboxylic acids is 1. The van der Waals surface area contributed by atoms with Gasteiger partial charge in [-0.05, 0) is 36.8 Å². The van der Waals surface area contributed by atoms with Gasteiger partial charge in [-0.1, -0.05) is 23.8 Å². The maximum atomic E-state index is 12.1. The average Bonchev–Trinajstić information content (AvgIpc) is 3.00. The SMILES string of the molecule is COc1cccc(CNC(=O)CCn2ncc3cc(C)ccc32)c1. The van der Waals surface area contributed by atoms with Crippen LogP contribution < -0.4 is 10.1 Å². The smallest absolute Gasteiger partial charge is 0.222 e. The fraction of sp³-hybridized carbons (Fsp3) is 0.263. The van der Waals surface area contributed by atoms with Crippen LogP contribution in [-0.2, 0) is 17.9 Å². The van der Waals surface area contributed by atoms with Crippen molar-refractivity contribution in [2.45, 2.75) is 26.4 Å². The van der Waals surface area contributed by atoms with Crippen LogP contribution in [0.15, 0.2) is 48.7 Å². The standard InChI is InChI=1S/C19H21N3O2/c1-14-6-7-18-16(10-14)13-21-22(18)9-8-19(23)20-12-15-4-3-5-17(11-15)24-2/h3-7,10-11,13H,8-9,12H2,1-2H3,(H,20,23). The summed E-state index contributed by atoms with van der Waals surface area (Å²) >= 11 is 0. The summed E-state index contributed by atoms with van der Waals surface area (Å²) < 4.78 is 7.06. The molecule has 0 spiro atoms. The topological polar surface area (TPSA) is 56.1 Å². The number of nitrogens with zero attached hydrogens (tertiary/aromatic N) is 2. The monoisotopic (exact) mass is 323 g/mol. The molecule has 24 heavy (non-hydrogen) atoms. The van der Waals surface area contributed by atoms with E-state index in [1.807, 2.05) is 41.2 Å². The van der Waals surface area contributed by atoms with Gasteiger partial charge in [0.25, 0.3) is 0 Å². The van der Waals surface area contributed by atoms with Crippen LogP contribution in [0, 0.1) is 6.92 Å². The van der Waals surface area contributed by atoms with Crippen LogP contribution >= 0.6 is 0 Å².